The zero-order chi connectivity index (χ0) is 9.68. The maximum absolute atomic E-state index is 11.3. The Bertz CT molecular complexity index is 215. The van der Waals surface area contributed by atoms with Crippen LogP contribution in [-0.4, -0.2) is 55.6 Å². The summed E-state index contributed by atoms with van der Waals surface area (Å²) in [7, 11) is 2.03. The van der Waals surface area contributed by atoms with Crippen LogP contribution in [0.15, 0.2) is 0 Å². The predicted molar refractivity (Wildman–Crippen MR) is 48.1 cm³/mol. The highest BCUT2D eigenvalue weighted by Crippen LogP contribution is 1.98. The smallest absolute Gasteiger partial charge is 0.318 e. The summed E-state index contributed by atoms with van der Waals surface area (Å²) in [4.78, 5) is 15.2. The third-order valence-electron chi connectivity index (χ3n) is 2.11. The number of nitrogens with zero attached hydrogens (tertiary/aromatic N) is 3. The van der Waals surface area contributed by atoms with Crippen molar-refractivity contribution in [1.82, 2.24) is 15.1 Å². The molecule has 5 nitrogen and oxygen atoms in total. The third kappa shape index (κ3) is 2.92. The first-order chi connectivity index (χ1) is 6.24. The number of amides is 2. The molecule has 0 radical (unpaired) electrons. The van der Waals surface area contributed by atoms with Crippen molar-refractivity contribution in [1.29, 1.82) is 5.26 Å². The highest BCUT2D eigenvalue weighted by Gasteiger charge is 2.17. The fourth-order valence-electron chi connectivity index (χ4n) is 1.24. The van der Waals surface area contributed by atoms with Crippen molar-refractivity contribution >= 4 is 6.03 Å². The molecular weight excluding hydrogens is 168 g/mol. The van der Waals surface area contributed by atoms with E-state index in [0.29, 0.717) is 0 Å². The molecule has 1 saturated heterocycles. The van der Waals surface area contributed by atoms with Crippen molar-refractivity contribution < 1.29 is 4.79 Å². The summed E-state index contributed by atoms with van der Waals surface area (Å²) in [5.74, 6) is 0. The average molecular weight is 182 g/mol. The summed E-state index contributed by atoms with van der Waals surface area (Å²) >= 11 is 0. The van der Waals surface area contributed by atoms with Crippen molar-refractivity contribution in [3.8, 4) is 6.07 Å². The van der Waals surface area contributed by atoms with Crippen LogP contribution in [0, 0.1) is 11.3 Å². The van der Waals surface area contributed by atoms with Crippen LogP contribution in [0.2, 0.25) is 0 Å². The second kappa shape index (κ2) is 4.67. The SMILES string of the molecule is CN1CCN(C(=O)NCC#N)CC1. The molecule has 1 fully saturated rings. The summed E-state index contributed by atoms with van der Waals surface area (Å²) in [5, 5.41) is 10.8. The van der Waals surface area contributed by atoms with Gasteiger partial charge in [0.15, 0.2) is 0 Å². The molecular formula is C8H14N4O. The van der Waals surface area contributed by atoms with E-state index in [1.807, 2.05) is 13.1 Å². The van der Waals surface area contributed by atoms with Gasteiger partial charge in [-0.05, 0) is 7.05 Å². The Hall–Kier alpha value is -1.28. The number of nitriles is 1. The van der Waals surface area contributed by atoms with Crippen LogP contribution in [0.3, 0.4) is 0 Å². The van der Waals surface area contributed by atoms with E-state index < -0.39 is 0 Å². The normalized spacial score (nSPS) is 18.0. The van der Waals surface area contributed by atoms with E-state index in [4.69, 9.17) is 5.26 Å². The molecule has 0 spiro atoms. The Morgan fingerprint density at radius 1 is 1.46 bits per heavy atom. The number of piperazine rings is 1. The van der Waals surface area contributed by atoms with E-state index in [9.17, 15) is 4.79 Å². The summed E-state index contributed by atoms with van der Waals surface area (Å²) < 4.78 is 0. The topological polar surface area (TPSA) is 59.4 Å². The number of urea groups is 1. The minimum absolute atomic E-state index is 0.0885. The number of carbonyl (C=O) groups excluding carboxylic acids is 1. The van der Waals surface area contributed by atoms with Gasteiger partial charge in [0.05, 0.1) is 6.07 Å². The van der Waals surface area contributed by atoms with Gasteiger partial charge >= 0.3 is 6.03 Å². The standard InChI is InChI=1S/C8H14N4O/c1-11-4-6-12(7-5-11)8(13)10-3-2-9/h3-7H2,1H3,(H,10,13). The van der Waals surface area contributed by atoms with Gasteiger partial charge in [-0.2, -0.15) is 5.26 Å². The van der Waals surface area contributed by atoms with Gasteiger partial charge in [-0.15, -0.1) is 0 Å². The Balaban J connectivity index is 2.28. The molecule has 1 N–H and O–H groups in total. The molecule has 0 aliphatic carbocycles. The lowest BCUT2D eigenvalue weighted by molar-refractivity contribution is 0.155. The minimum Gasteiger partial charge on any atom is -0.325 e. The molecule has 0 aromatic carbocycles. The molecule has 2 amide bonds. The molecule has 1 heterocycles. The van der Waals surface area contributed by atoms with Gasteiger partial charge in [-0.1, -0.05) is 0 Å². The highest BCUT2D eigenvalue weighted by molar-refractivity contribution is 5.74. The summed E-state index contributed by atoms with van der Waals surface area (Å²) in [6.07, 6.45) is 0. The van der Waals surface area contributed by atoms with Gasteiger partial charge < -0.3 is 15.1 Å². The molecule has 5 heteroatoms. The number of likely N-dealkylation sites (N-methyl/N-ethyl adjacent to an activating group) is 1. The first kappa shape index (κ1) is 9.81. The lowest BCUT2D eigenvalue weighted by atomic mass is 10.3. The van der Waals surface area contributed by atoms with Gasteiger partial charge in [0.2, 0.25) is 0 Å². The zero-order valence-electron chi connectivity index (χ0n) is 7.79. The lowest BCUT2D eigenvalue weighted by Gasteiger charge is -2.32. The maximum Gasteiger partial charge on any atom is 0.318 e. The van der Waals surface area contributed by atoms with Crippen molar-refractivity contribution in [2.45, 2.75) is 0 Å². The van der Waals surface area contributed by atoms with Gasteiger partial charge in [-0.25, -0.2) is 4.79 Å². The molecule has 13 heavy (non-hydrogen) atoms. The van der Waals surface area contributed by atoms with Gasteiger partial charge in [0.25, 0.3) is 0 Å². The van der Waals surface area contributed by atoms with Crippen LogP contribution in [0.1, 0.15) is 0 Å². The Kier molecular flexibility index (Phi) is 3.53. The molecule has 0 aromatic heterocycles. The largest absolute Gasteiger partial charge is 0.325 e. The number of nitrogens with one attached hydrogen (secondary N) is 1. The summed E-state index contributed by atoms with van der Waals surface area (Å²) in [5.41, 5.74) is 0. The van der Waals surface area contributed by atoms with Crippen LogP contribution >= 0.6 is 0 Å². The summed E-state index contributed by atoms with van der Waals surface area (Å²) in [6.45, 7) is 3.38. The highest BCUT2D eigenvalue weighted by atomic mass is 16.2. The van der Waals surface area contributed by atoms with E-state index >= 15 is 0 Å². The molecule has 0 aromatic rings. The van der Waals surface area contributed by atoms with Crippen molar-refractivity contribution in [2.75, 3.05) is 39.8 Å². The van der Waals surface area contributed by atoms with Crippen LogP contribution in [0.4, 0.5) is 4.79 Å². The van der Waals surface area contributed by atoms with Crippen molar-refractivity contribution in [3.63, 3.8) is 0 Å². The molecule has 72 valence electrons. The van der Waals surface area contributed by atoms with E-state index in [0.717, 1.165) is 26.2 Å². The molecule has 1 aliphatic heterocycles. The average Bonchev–Trinajstić information content (AvgIpc) is 2.15. The quantitative estimate of drug-likeness (QED) is 0.554. The molecule has 0 unspecified atom stereocenters. The number of hydrogen-bond acceptors (Lipinski definition) is 3. The maximum atomic E-state index is 11.3. The molecule has 0 saturated carbocycles. The van der Waals surface area contributed by atoms with E-state index in [1.54, 1.807) is 4.90 Å². The summed E-state index contributed by atoms with van der Waals surface area (Å²) in [6, 6.07) is 1.75. The van der Waals surface area contributed by atoms with Gasteiger partial charge in [0, 0.05) is 26.2 Å². The monoisotopic (exact) mass is 182 g/mol. The van der Waals surface area contributed by atoms with Crippen LogP contribution in [0.5, 0.6) is 0 Å². The third-order valence-corrected chi connectivity index (χ3v) is 2.11. The molecule has 0 atom stereocenters. The lowest BCUT2D eigenvalue weighted by Crippen LogP contribution is -2.50. The Morgan fingerprint density at radius 3 is 2.62 bits per heavy atom. The van der Waals surface area contributed by atoms with Crippen molar-refractivity contribution in [2.24, 2.45) is 0 Å². The number of carbonyl (C=O) groups is 1. The van der Waals surface area contributed by atoms with Crippen LogP contribution in [-0.2, 0) is 0 Å². The first-order valence-corrected chi connectivity index (χ1v) is 4.32. The minimum atomic E-state index is -0.130. The Morgan fingerprint density at radius 2 is 2.08 bits per heavy atom. The van der Waals surface area contributed by atoms with Crippen LogP contribution in [0.25, 0.3) is 0 Å². The molecule has 1 aliphatic rings. The second-order valence-corrected chi connectivity index (χ2v) is 3.11. The van der Waals surface area contributed by atoms with Gasteiger partial charge in [-0.3, -0.25) is 0 Å². The van der Waals surface area contributed by atoms with E-state index in [1.165, 1.54) is 0 Å². The van der Waals surface area contributed by atoms with Gasteiger partial charge in [0.1, 0.15) is 6.54 Å². The molecule has 1 rings (SSSR count). The predicted octanol–water partition coefficient (Wildman–Crippen LogP) is -0.533. The van der Waals surface area contributed by atoms with E-state index in [-0.39, 0.29) is 12.6 Å². The van der Waals surface area contributed by atoms with Crippen molar-refractivity contribution in [3.05, 3.63) is 0 Å². The van der Waals surface area contributed by atoms with Crippen LogP contribution < -0.4 is 5.32 Å². The fourth-order valence-corrected chi connectivity index (χ4v) is 1.24. The number of rotatable bonds is 1. The second-order valence-electron chi connectivity index (χ2n) is 3.11. The zero-order valence-corrected chi connectivity index (χ0v) is 7.79. The number of hydrogen-bond donors (Lipinski definition) is 1. The fraction of sp³-hybridized carbons (Fsp3) is 0.750. The molecule has 0 bridgehead atoms. The Labute approximate surface area is 77.9 Å². The van der Waals surface area contributed by atoms with E-state index in [2.05, 4.69) is 10.2 Å². The first-order valence-electron chi connectivity index (χ1n) is 4.32.